The van der Waals surface area contributed by atoms with E-state index in [0.29, 0.717) is 18.0 Å². The summed E-state index contributed by atoms with van der Waals surface area (Å²) in [6.45, 7) is 1.48. The zero-order valence-electron chi connectivity index (χ0n) is 10.3. The molecule has 1 unspecified atom stereocenters. The third-order valence-electron chi connectivity index (χ3n) is 2.31. The highest BCUT2D eigenvalue weighted by Gasteiger charge is 2.02. The third kappa shape index (κ3) is 5.24. The minimum Gasteiger partial charge on any atom is -0.409 e. The van der Waals surface area contributed by atoms with E-state index in [1.807, 2.05) is 6.07 Å². The molecule has 0 aromatic carbocycles. The van der Waals surface area contributed by atoms with Gasteiger partial charge < -0.3 is 16.3 Å². The zero-order chi connectivity index (χ0) is 13.4. The lowest BCUT2D eigenvalue weighted by atomic mass is 10.2. The number of amidine groups is 1. The Morgan fingerprint density at radius 1 is 1.67 bits per heavy atom. The third-order valence-corrected chi connectivity index (χ3v) is 3.17. The van der Waals surface area contributed by atoms with Crippen molar-refractivity contribution >= 4 is 16.6 Å². The van der Waals surface area contributed by atoms with Crippen LogP contribution in [0.5, 0.6) is 0 Å². The molecule has 0 aliphatic rings. The molecule has 0 amide bonds. The molecule has 4 N–H and O–H groups in total. The van der Waals surface area contributed by atoms with Crippen LogP contribution in [0.25, 0.3) is 0 Å². The van der Waals surface area contributed by atoms with Crippen molar-refractivity contribution in [2.75, 3.05) is 18.6 Å². The van der Waals surface area contributed by atoms with Crippen molar-refractivity contribution in [1.29, 1.82) is 0 Å². The average molecular weight is 270 g/mol. The predicted octanol–water partition coefficient (Wildman–Crippen LogP) is 0.0343. The van der Waals surface area contributed by atoms with Gasteiger partial charge in [-0.2, -0.15) is 0 Å². The van der Waals surface area contributed by atoms with Crippen LogP contribution >= 0.6 is 0 Å². The van der Waals surface area contributed by atoms with Gasteiger partial charge in [-0.05, 0) is 30.7 Å². The maximum atomic E-state index is 10.9. The van der Waals surface area contributed by atoms with Gasteiger partial charge in [0.1, 0.15) is 5.69 Å². The number of oxime groups is 1. The van der Waals surface area contributed by atoms with Crippen molar-refractivity contribution in [2.24, 2.45) is 10.9 Å². The van der Waals surface area contributed by atoms with E-state index in [0.717, 1.165) is 18.5 Å². The molecular formula is C11H18N4O2S. The number of pyridine rings is 1. The first-order valence-corrected chi connectivity index (χ1v) is 7.29. The number of hydrogen-bond acceptors (Lipinski definition) is 5. The summed E-state index contributed by atoms with van der Waals surface area (Å²) >= 11 is 0. The van der Waals surface area contributed by atoms with Gasteiger partial charge in [0.05, 0.1) is 0 Å². The fourth-order valence-electron chi connectivity index (χ4n) is 1.41. The van der Waals surface area contributed by atoms with E-state index in [1.165, 1.54) is 0 Å². The molecule has 1 aromatic rings. The van der Waals surface area contributed by atoms with Gasteiger partial charge in [-0.1, -0.05) is 5.16 Å². The van der Waals surface area contributed by atoms with Crippen LogP contribution in [0.1, 0.15) is 17.7 Å². The van der Waals surface area contributed by atoms with Gasteiger partial charge in [0.2, 0.25) is 0 Å². The van der Waals surface area contributed by atoms with Crippen molar-refractivity contribution in [3.63, 3.8) is 0 Å². The standard InChI is InChI=1S/C11H18N4O2S/c1-18(17)6-2-4-13-8-9-3-5-14-10(7-9)11(12)15-16/h3,5,7,13,16H,2,4,6,8H2,1H3,(H2,12,15). The molecule has 1 rings (SSSR count). The summed E-state index contributed by atoms with van der Waals surface area (Å²) in [7, 11) is -0.735. The van der Waals surface area contributed by atoms with Gasteiger partial charge in [-0.3, -0.25) is 9.19 Å². The molecule has 1 aromatic heterocycles. The molecule has 0 fully saturated rings. The molecule has 18 heavy (non-hydrogen) atoms. The lowest BCUT2D eigenvalue weighted by Gasteiger charge is -2.05. The molecule has 0 radical (unpaired) electrons. The van der Waals surface area contributed by atoms with Crippen LogP contribution in [0.15, 0.2) is 23.5 Å². The van der Waals surface area contributed by atoms with Crippen LogP contribution < -0.4 is 11.1 Å². The number of aromatic nitrogens is 1. The zero-order valence-corrected chi connectivity index (χ0v) is 11.1. The Morgan fingerprint density at radius 2 is 2.44 bits per heavy atom. The minimum absolute atomic E-state index is 0.00164. The van der Waals surface area contributed by atoms with E-state index in [-0.39, 0.29) is 5.84 Å². The highest BCUT2D eigenvalue weighted by atomic mass is 32.2. The van der Waals surface area contributed by atoms with E-state index in [1.54, 1.807) is 18.5 Å². The fraction of sp³-hybridized carbons (Fsp3) is 0.455. The van der Waals surface area contributed by atoms with Crippen LogP contribution in [0.4, 0.5) is 0 Å². The van der Waals surface area contributed by atoms with Crippen molar-refractivity contribution in [2.45, 2.75) is 13.0 Å². The maximum Gasteiger partial charge on any atom is 0.188 e. The number of hydrogen-bond donors (Lipinski definition) is 3. The Hall–Kier alpha value is -1.47. The quantitative estimate of drug-likeness (QED) is 0.213. The highest BCUT2D eigenvalue weighted by molar-refractivity contribution is 7.84. The molecule has 1 atom stereocenters. The van der Waals surface area contributed by atoms with Gasteiger partial charge in [-0.15, -0.1) is 0 Å². The smallest absolute Gasteiger partial charge is 0.188 e. The number of rotatable bonds is 7. The van der Waals surface area contributed by atoms with Gasteiger partial charge in [0, 0.05) is 35.5 Å². The first-order valence-electron chi connectivity index (χ1n) is 5.57. The van der Waals surface area contributed by atoms with Crippen LogP contribution in [0, 0.1) is 0 Å². The molecule has 100 valence electrons. The number of nitrogens with one attached hydrogen (secondary N) is 1. The van der Waals surface area contributed by atoms with Crippen LogP contribution in [0.3, 0.4) is 0 Å². The SMILES string of the molecule is CS(=O)CCCNCc1ccnc(/C(N)=N/O)c1. The van der Waals surface area contributed by atoms with Crippen molar-refractivity contribution in [3.8, 4) is 0 Å². The normalized spacial score (nSPS) is 13.5. The van der Waals surface area contributed by atoms with Gasteiger partial charge in [-0.25, -0.2) is 0 Å². The molecule has 0 saturated carbocycles. The molecule has 0 saturated heterocycles. The summed E-state index contributed by atoms with van der Waals surface area (Å²) in [4.78, 5) is 3.99. The van der Waals surface area contributed by atoms with Crippen molar-refractivity contribution in [3.05, 3.63) is 29.6 Å². The number of nitrogens with zero attached hydrogens (tertiary/aromatic N) is 2. The minimum atomic E-state index is -0.735. The second kappa shape index (κ2) is 7.78. The van der Waals surface area contributed by atoms with Gasteiger partial charge in [0.25, 0.3) is 0 Å². The second-order valence-electron chi connectivity index (χ2n) is 3.84. The van der Waals surface area contributed by atoms with Crippen LogP contribution in [0.2, 0.25) is 0 Å². The summed E-state index contributed by atoms with van der Waals surface area (Å²) < 4.78 is 10.9. The predicted molar refractivity (Wildman–Crippen MR) is 72.0 cm³/mol. The first kappa shape index (κ1) is 14.6. The average Bonchev–Trinajstić information content (AvgIpc) is 2.37. The molecule has 0 bridgehead atoms. The van der Waals surface area contributed by atoms with Crippen molar-refractivity contribution in [1.82, 2.24) is 10.3 Å². The van der Waals surface area contributed by atoms with E-state index >= 15 is 0 Å². The molecule has 0 aliphatic heterocycles. The molecule has 7 heteroatoms. The Morgan fingerprint density at radius 3 is 3.11 bits per heavy atom. The fourth-order valence-corrected chi connectivity index (χ4v) is 1.96. The van der Waals surface area contributed by atoms with Crippen LogP contribution in [-0.4, -0.2) is 38.8 Å². The van der Waals surface area contributed by atoms with E-state index in [9.17, 15) is 4.21 Å². The van der Waals surface area contributed by atoms with E-state index < -0.39 is 10.8 Å². The summed E-state index contributed by atoms with van der Waals surface area (Å²) in [6, 6.07) is 3.62. The molecule has 0 spiro atoms. The Balaban J connectivity index is 2.41. The molecule has 0 aliphatic carbocycles. The monoisotopic (exact) mass is 270 g/mol. The van der Waals surface area contributed by atoms with Gasteiger partial charge >= 0.3 is 0 Å². The highest BCUT2D eigenvalue weighted by Crippen LogP contribution is 2.01. The summed E-state index contributed by atoms with van der Waals surface area (Å²) in [6.07, 6.45) is 4.19. The van der Waals surface area contributed by atoms with E-state index in [4.69, 9.17) is 10.9 Å². The van der Waals surface area contributed by atoms with Crippen molar-refractivity contribution < 1.29 is 9.42 Å². The summed E-state index contributed by atoms with van der Waals surface area (Å²) in [5.74, 6) is 0.705. The Kier molecular flexibility index (Phi) is 6.31. The lowest BCUT2D eigenvalue weighted by Crippen LogP contribution is -2.18. The van der Waals surface area contributed by atoms with Crippen LogP contribution in [-0.2, 0) is 17.3 Å². The molecule has 6 nitrogen and oxygen atoms in total. The lowest BCUT2D eigenvalue weighted by molar-refractivity contribution is 0.318. The summed E-state index contributed by atoms with van der Waals surface area (Å²) in [5.41, 5.74) is 6.91. The molecule has 1 heterocycles. The first-order chi connectivity index (χ1) is 8.63. The Bertz CT molecular complexity index is 437. The number of nitrogens with two attached hydrogens (primary N) is 1. The largest absolute Gasteiger partial charge is 0.409 e. The Labute approximate surface area is 109 Å². The second-order valence-corrected chi connectivity index (χ2v) is 5.40. The molecular weight excluding hydrogens is 252 g/mol. The topological polar surface area (TPSA) is 101 Å². The van der Waals surface area contributed by atoms with E-state index in [2.05, 4.69) is 15.5 Å². The van der Waals surface area contributed by atoms with Gasteiger partial charge in [0.15, 0.2) is 5.84 Å². The summed E-state index contributed by atoms with van der Waals surface area (Å²) in [5, 5.41) is 14.7. The maximum absolute atomic E-state index is 10.9.